The van der Waals surface area contributed by atoms with E-state index in [0.717, 1.165) is 12.5 Å². The van der Waals surface area contributed by atoms with E-state index in [-0.39, 0.29) is 22.8 Å². The molecule has 0 aliphatic heterocycles. The van der Waals surface area contributed by atoms with Crippen molar-refractivity contribution in [3.63, 3.8) is 0 Å². The Morgan fingerprint density at radius 1 is 0.970 bits per heavy atom. The van der Waals surface area contributed by atoms with Crippen molar-refractivity contribution in [2.24, 2.45) is 0 Å². The lowest BCUT2D eigenvalue weighted by Crippen LogP contribution is -2.55. The first-order valence-electron chi connectivity index (χ1n) is 10.6. The van der Waals surface area contributed by atoms with E-state index >= 15 is 0 Å². The summed E-state index contributed by atoms with van der Waals surface area (Å²) >= 11 is 0. The van der Waals surface area contributed by atoms with E-state index in [0.29, 0.717) is 10.7 Å². The molecule has 0 radical (unpaired) electrons. The molecule has 0 saturated carbocycles. The lowest BCUT2D eigenvalue weighted by molar-refractivity contribution is -0.134. The summed E-state index contributed by atoms with van der Waals surface area (Å²) < 4.78 is 27.6. The van der Waals surface area contributed by atoms with Crippen molar-refractivity contribution >= 4 is 27.7 Å². The largest absolute Gasteiger partial charge is 0.355 e. The summed E-state index contributed by atoms with van der Waals surface area (Å²) in [5.41, 5.74) is 0.572. The second kappa shape index (κ2) is 10.6. The van der Waals surface area contributed by atoms with Gasteiger partial charge in [0, 0.05) is 25.1 Å². The van der Waals surface area contributed by atoms with Crippen LogP contribution in [0.3, 0.4) is 0 Å². The van der Waals surface area contributed by atoms with Gasteiger partial charge in [-0.05, 0) is 63.4 Å². The first-order chi connectivity index (χ1) is 15.4. The Labute approximate surface area is 195 Å². The normalized spacial score (nSPS) is 12.5. The molecule has 9 heteroatoms. The third kappa shape index (κ3) is 6.89. The zero-order valence-electron chi connectivity index (χ0n) is 19.6. The molecular weight excluding hydrogens is 442 g/mol. The van der Waals surface area contributed by atoms with E-state index in [1.54, 1.807) is 20.8 Å². The maximum atomic E-state index is 13.5. The van der Waals surface area contributed by atoms with Crippen LogP contribution in [0.25, 0.3) is 0 Å². The van der Waals surface area contributed by atoms with E-state index in [1.807, 2.05) is 30.3 Å². The van der Waals surface area contributed by atoms with Crippen molar-refractivity contribution < 1.29 is 22.8 Å². The molecule has 33 heavy (non-hydrogen) atoms. The van der Waals surface area contributed by atoms with Crippen molar-refractivity contribution in [3.8, 4) is 0 Å². The molecule has 1 atom stereocenters. The highest BCUT2D eigenvalue weighted by Gasteiger charge is 2.38. The molecule has 0 fully saturated rings. The van der Waals surface area contributed by atoms with Crippen molar-refractivity contribution in [2.75, 3.05) is 7.05 Å². The van der Waals surface area contributed by atoms with Crippen molar-refractivity contribution in [3.05, 3.63) is 65.7 Å². The number of nitrogens with zero attached hydrogens (tertiary/aromatic N) is 1. The van der Waals surface area contributed by atoms with Crippen LogP contribution in [0.15, 0.2) is 59.5 Å². The van der Waals surface area contributed by atoms with Gasteiger partial charge in [-0.2, -0.15) is 0 Å². The molecular formula is C24H31N3O5S. The van der Waals surface area contributed by atoms with Gasteiger partial charge in [0.05, 0.1) is 4.90 Å². The monoisotopic (exact) mass is 473 g/mol. The molecule has 1 unspecified atom stereocenters. The number of carbonyl (C=O) groups excluding carboxylic acids is 3. The van der Waals surface area contributed by atoms with Crippen molar-refractivity contribution in [2.45, 2.75) is 57.0 Å². The Bertz CT molecular complexity index is 1090. The number of nitrogens with one attached hydrogen (secondary N) is 2. The van der Waals surface area contributed by atoms with Gasteiger partial charge < -0.3 is 10.6 Å². The molecule has 0 saturated heterocycles. The molecule has 2 rings (SSSR count). The molecule has 2 N–H and O–H groups in total. The fraction of sp³-hybridized carbons (Fsp3) is 0.375. The summed E-state index contributed by atoms with van der Waals surface area (Å²) in [6.07, 6.45) is 0.513. The van der Waals surface area contributed by atoms with E-state index in [1.165, 1.54) is 31.3 Å². The van der Waals surface area contributed by atoms with Gasteiger partial charge in [-0.3, -0.25) is 14.4 Å². The minimum atomic E-state index is -4.36. The number of aryl methyl sites for hydroxylation is 1. The van der Waals surface area contributed by atoms with Gasteiger partial charge in [0.2, 0.25) is 11.8 Å². The molecule has 178 valence electrons. The molecule has 2 aromatic rings. The highest BCUT2D eigenvalue weighted by molar-refractivity contribution is 7.89. The van der Waals surface area contributed by atoms with Crippen LogP contribution in [0.5, 0.6) is 0 Å². The Morgan fingerprint density at radius 3 is 2.03 bits per heavy atom. The first-order valence-corrected chi connectivity index (χ1v) is 12.0. The van der Waals surface area contributed by atoms with Gasteiger partial charge in [0.25, 0.3) is 15.9 Å². The summed E-state index contributed by atoms with van der Waals surface area (Å²) in [4.78, 5) is 37.4. The fourth-order valence-corrected chi connectivity index (χ4v) is 4.93. The number of carbonyl (C=O) groups is 3. The zero-order chi connectivity index (χ0) is 24.8. The van der Waals surface area contributed by atoms with Crippen LogP contribution in [0.4, 0.5) is 0 Å². The van der Waals surface area contributed by atoms with Gasteiger partial charge in [0.15, 0.2) is 0 Å². The maximum absolute atomic E-state index is 13.5. The van der Waals surface area contributed by atoms with Crippen LogP contribution in [0.1, 0.15) is 50.0 Å². The van der Waals surface area contributed by atoms with Crippen molar-refractivity contribution in [1.29, 1.82) is 0 Å². The summed E-state index contributed by atoms with van der Waals surface area (Å²) in [5, 5.41) is 5.26. The quantitative estimate of drug-likeness (QED) is 0.612. The molecule has 0 aliphatic carbocycles. The zero-order valence-corrected chi connectivity index (χ0v) is 20.4. The second-order valence-corrected chi connectivity index (χ2v) is 10.5. The molecule has 0 spiro atoms. The molecule has 0 bridgehead atoms. The molecule has 0 heterocycles. The summed E-state index contributed by atoms with van der Waals surface area (Å²) in [6.45, 7) is 6.46. The van der Waals surface area contributed by atoms with Crippen LogP contribution < -0.4 is 10.6 Å². The highest BCUT2D eigenvalue weighted by Crippen LogP contribution is 2.23. The van der Waals surface area contributed by atoms with E-state index in [9.17, 15) is 22.8 Å². The Kier molecular flexibility index (Phi) is 8.38. The van der Waals surface area contributed by atoms with Crippen LogP contribution in [-0.4, -0.2) is 49.1 Å². The van der Waals surface area contributed by atoms with Crippen LogP contribution in [0.2, 0.25) is 0 Å². The third-order valence-corrected chi connectivity index (χ3v) is 6.74. The summed E-state index contributed by atoms with van der Waals surface area (Å²) in [7, 11) is -2.89. The first kappa shape index (κ1) is 26.1. The van der Waals surface area contributed by atoms with Gasteiger partial charge in [-0.25, -0.2) is 12.7 Å². The predicted molar refractivity (Wildman–Crippen MR) is 126 cm³/mol. The average molecular weight is 474 g/mol. The van der Waals surface area contributed by atoms with E-state index in [2.05, 4.69) is 10.6 Å². The SMILES string of the molecule is CNC(=O)c1ccc(S(=O)(=O)N(C(C)=O)C(CCc2ccccc2)C(=O)NC(C)(C)C)cc1. The molecule has 0 aromatic heterocycles. The fourth-order valence-electron chi connectivity index (χ4n) is 3.35. The number of rotatable bonds is 8. The topological polar surface area (TPSA) is 113 Å². The van der Waals surface area contributed by atoms with Gasteiger partial charge in [-0.1, -0.05) is 30.3 Å². The smallest absolute Gasteiger partial charge is 0.267 e. The van der Waals surface area contributed by atoms with Crippen LogP contribution in [-0.2, 0) is 26.0 Å². The van der Waals surface area contributed by atoms with Gasteiger partial charge in [-0.15, -0.1) is 0 Å². The summed E-state index contributed by atoms with van der Waals surface area (Å²) in [5.74, 6) is -1.70. The van der Waals surface area contributed by atoms with Crippen LogP contribution in [0, 0.1) is 0 Å². The predicted octanol–water partition coefficient (Wildman–Crippen LogP) is 2.50. The Hall–Kier alpha value is -3.20. The molecule has 2 aromatic carbocycles. The molecule has 8 nitrogen and oxygen atoms in total. The summed E-state index contributed by atoms with van der Waals surface area (Å²) in [6, 6.07) is 13.3. The highest BCUT2D eigenvalue weighted by atomic mass is 32.2. The third-order valence-electron chi connectivity index (χ3n) is 4.84. The van der Waals surface area contributed by atoms with Gasteiger partial charge in [0.1, 0.15) is 6.04 Å². The average Bonchev–Trinajstić information content (AvgIpc) is 2.75. The number of hydrogen-bond acceptors (Lipinski definition) is 5. The van der Waals surface area contributed by atoms with E-state index < -0.39 is 33.4 Å². The standard InChI is InChI=1S/C24H31N3O5S/c1-17(28)27(33(31,32)20-14-12-19(13-15-20)22(29)25-5)21(23(30)26-24(2,3)4)16-11-18-9-7-6-8-10-18/h6-10,12-15,21H,11,16H2,1-5H3,(H,25,29)(H,26,30). The number of hydrogen-bond donors (Lipinski definition) is 2. The minimum absolute atomic E-state index is 0.112. The Balaban J connectivity index is 2.46. The van der Waals surface area contributed by atoms with Crippen molar-refractivity contribution in [1.82, 2.24) is 14.9 Å². The van der Waals surface area contributed by atoms with Gasteiger partial charge >= 0.3 is 0 Å². The number of amides is 3. The lowest BCUT2D eigenvalue weighted by atomic mass is 10.0. The second-order valence-electron chi connectivity index (χ2n) is 8.70. The minimum Gasteiger partial charge on any atom is -0.355 e. The lowest BCUT2D eigenvalue weighted by Gasteiger charge is -2.32. The van der Waals surface area contributed by atoms with E-state index in [4.69, 9.17) is 0 Å². The maximum Gasteiger partial charge on any atom is 0.267 e. The number of sulfonamides is 1. The Morgan fingerprint density at radius 2 is 1.55 bits per heavy atom. The number of benzene rings is 2. The van der Waals surface area contributed by atoms with Crippen LogP contribution >= 0.6 is 0 Å². The molecule has 3 amide bonds. The molecule has 0 aliphatic rings.